The first-order valence-electron chi connectivity index (χ1n) is 4.14. The molecule has 0 aliphatic carbocycles. The fourth-order valence-electron chi connectivity index (χ4n) is 1.51. The highest BCUT2D eigenvalue weighted by Crippen LogP contribution is 2.36. The Morgan fingerprint density at radius 2 is 2.29 bits per heavy atom. The van der Waals surface area contributed by atoms with Gasteiger partial charge in [-0.3, -0.25) is 0 Å². The van der Waals surface area contributed by atoms with E-state index in [-0.39, 0.29) is 6.61 Å². The topological polar surface area (TPSA) is 29.5 Å². The molecule has 0 bridgehead atoms. The number of ether oxygens (including phenoxy) is 1. The number of hydrogen-bond donors (Lipinski definition) is 2. The predicted octanol–water partition coefficient (Wildman–Crippen LogP) is 2.69. The molecule has 0 fully saturated rings. The summed E-state index contributed by atoms with van der Waals surface area (Å²) in [6.07, 6.45) is 0. The van der Waals surface area contributed by atoms with E-state index in [0.717, 1.165) is 20.5 Å². The highest BCUT2D eigenvalue weighted by atomic mass is 32.1. The van der Waals surface area contributed by atoms with Gasteiger partial charge in [-0.2, -0.15) is 0 Å². The van der Waals surface area contributed by atoms with Crippen LogP contribution in [0.3, 0.4) is 0 Å². The molecule has 0 amide bonds. The predicted molar refractivity (Wildman–Crippen MR) is 61.6 cm³/mol. The molecular formula is C10H10O2S2. The summed E-state index contributed by atoms with van der Waals surface area (Å²) in [4.78, 5) is 0.896. The van der Waals surface area contributed by atoms with Crippen molar-refractivity contribution in [3.63, 3.8) is 0 Å². The van der Waals surface area contributed by atoms with Crippen molar-refractivity contribution in [1.82, 2.24) is 0 Å². The average Bonchev–Trinajstić information content (AvgIpc) is 2.59. The molecule has 0 spiro atoms. The lowest BCUT2D eigenvalue weighted by atomic mass is 10.1. The van der Waals surface area contributed by atoms with Crippen LogP contribution in [0, 0.1) is 0 Å². The fraction of sp³-hybridized carbons (Fsp3) is 0.200. The zero-order valence-corrected chi connectivity index (χ0v) is 9.36. The van der Waals surface area contributed by atoms with E-state index in [1.165, 1.54) is 0 Å². The molecule has 1 heterocycles. The zero-order valence-electron chi connectivity index (χ0n) is 7.65. The Bertz CT molecular complexity index is 462. The summed E-state index contributed by atoms with van der Waals surface area (Å²) >= 11 is 5.97. The van der Waals surface area contributed by atoms with Gasteiger partial charge in [0.15, 0.2) is 0 Å². The molecule has 14 heavy (non-hydrogen) atoms. The van der Waals surface area contributed by atoms with E-state index >= 15 is 0 Å². The van der Waals surface area contributed by atoms with Gasteiger partial charge in [0.05, 0.1) is 13.7 Å². The molecule has 74 valence electrons. The third-order valence-electron chi connectivity index (χ3n) is 2.16. The highest BCUT2D eigenvalue weighted by molar-refractivity contribution is 7.80. The molecule has 1 N–H and O–H groups in total. The Balaban J connectivity index is 2.81. The molecule has 4 heteroatoms. The van der Waals surface area contributed by atoms with E-state index in [4.69, 9.17) is 4.74 Å². The van der Waals surface area contributed by atoms with Crippen LogP contribution in [0.1, 0.15) is 5.56 Å². The number of rotatable bonds is 2. The van der Waals surface area contributed by atoms with Crippen LogP contribution in [0.15, 0.2) is 22.4 Å². The van der Waals surface area contributed by atoms with Gasteiger partial charge < -0.3 is 9.84 Å². The maximum atomic E-state index is 9.28. The van der Waals surface area contributed by atoms with Gasteiger partial charge >= 0.3 is 0 Å². The molecule has 0 aliphatic rings. The second kappa shape index (κ2) is 3.81. The first-order valence-corrected chi connectivity index (χ1v) is 5.47. The third kappa shape index (κ3) is 1.39. The monoisotopic (exact) mass is 226 g/mol. The van der Waals surface area contributed by atoms with Gasteiger partial charge in [-0.1, -0.05) is 0 Å². The Morgan fingerprint density at radius 3 is 2.93 bits per heavy atom. The van der Waals surface area contributed by atoms with E-state index in [0.29, 0.717) is 5.75 Å². The van der Waals surface area contributed by atoms with Crippen molar-refractivity contribution in [2.45, 2.75) is 11.5 Å². The lowest BCUT2D eigenvalue weighted by Gasteiger charge is -2.07. The molecule has 1 aromatic carbocycles. The smallest absolute Gasteiger partial charge is 0.125 e. The molecule has 2 nitrogen and oxygen atoms in total. The Labute approximate surface area is 91.5 Å². The van der Waals surface area contributed by atoms with Gasteiger partial charge in [0.25, 0.3) is 0 Å². The molecule has 0 atom stereocenters. The van der Waals surface area contributed by atoms with Gasteiger partial charge in [0.1, 0.15) is 5.75 Å². The molecule has 0 saturated carbocycles. The average molecular weight is 226 g/mol. The maximum absolute atomic E-state index is 9.28. The van der Waals surface area contributed by atoms with Gasteiger partial charge in [0.2, 0.25) is 0 Å². The second-order valence-corrected chi connectivity index (χ2v) is 4.29. The third-order valence-corrected chi connectivity index (χ3v) is 3.64. The number of thiophene rings is 1. The van der Waals surface area contributed by atoms with Crippen LogP contribution >= 0.6 is 24.0 Å². The summed E-state index contributed by atoms with van der Waals surface area (Å²) < 4.78 is 6.30. The summed E-state index contributed by atoms with van der Waals surface area (Å²) in [5.74, 6) is 0.716. The van der Waals surface area contributed by atoms with Crippen molar-refractivity contribution < 1.29 is 9.84 Å². The molecule has 0 unspecified atom stereocenters. The van der Waals surface area contributed by atoms with E-state index in [9.17, 15) is 5.11 Å². The number of aliphatic hydroxyl groups is 1. The number of methoxy groups -OCH3 is 1. The number of thiol groups is 1. The summed E-state index contributed by atoms with van der Waals surface area (Å²) in [5, 5.41) is 12.2. The first kappa shape index (κ1) is 9.83. The minimum Gasteiger partial charge on any atom is -0.496 e. The van der Waals surface area contributed by atoms with Crippen molar-refractivity contribution in [3.05, 3.63) is 23.1 Å². The summed E-state index contributed by atoms with van der Waals surface area (Å²) in [6.45, 7) is -0.0230. The van der Waals surface area contributed by atoms with Crippen molar-refractivity contribution in [2.24, 2.45) is 0 Å². The first-order chi connectivity index (χ1) is 6.77. The molecule has 0 aliphatic heterocycles. The van der Waals surface area contributed by atoms with Crippen molar-refractivity contribution in [1.29, 1.82) is 0 Å². The van der Waals surface area contributed by atoms with Crippen LogP contribution in [0.2, 0.25) is 0 Å². The van der Waals surface area contributed by atoms with Crippen LogP contribution in [-0.2, 0) is 6.61 Å². The number of fused-ring (bicyclic) bond motifs is 1. The van der Waals surface area contributed by atoms with E-state index in [1.807, 2.05) is 17.5 Å². The largest absolute Gasteiger partial charge is 0.496 e. The lowest BCUT2D eigenvalue weighted by Crippen LogP contribution is -1.92. The second-order valence-electron chi connectivity index (χ2n) is 2.90. The number of benzene rings is 1. The normalized spacial score (nSPS) is 10.8. The molecule has 1 aromatic heterocycles. The summed E-state index contributed by atoms with van der Waals surface area (Å²) in [6, 6.07) is 3.86. The number of aliphatic hydroxyl groups excluding tert-OH is 1. The van der Waals surface area contributed by atoms with Crippen LogP contribution in [0.5, 0.6) is 5.75 Å². The molecule has 2 aromatic rings. The molecule has 2 rings (SSSR count). The molecule has 0 radical (unpaired) electrons. The summed E-state index contributed by atoms with van der Waals surface area (Å²) in [5.41, 5.74) is 0.816. The van der Waals surface area contributed by atoms with Gasteiger partial charge in [-0.05, 0) is 12.1 Å². The Hall–Kier alpha value is -0.710. The quantitative estimate of drug-likeness (QED) is 0.771. The molecular weight excluding hydrogens is 216 g/mol. The van der Waals surface area contributed by atoms with E-state index in [2.05, 4.69) is 12.6 Å². The number of hydrogen-bond acceptors (Lipinski definition) is 4. The van der Waals surface area contributed by atoms with Crippen LogP contribution in [0.25, 0.3) is 10.1 Å². The van der Waals surface area contributed by atoms with Crippen LogP contribution < -0.4 is 4.74 Å². The SMILES string of the molecule is COc1ccc2scc(S)c2c1CO. The van der Waals surface area contributed by atoms with Gasteiger partial charge in [-0.15, -0.1) is 24.0 Å². The minimum absolute atomic E-state index is 0.0230. The zero-order chi connectivity index (χ0) is 10.1. The fourth-order valence-corrected chi connectivity index (χ4v) is 2.86. The van der Waals surface area contributed by atoms with Crippen molar-refractivity contribution >= 4 is 34.1 Å². The van der Waals surface area contributed by atoms with Gasteiger partial charge in [0, 0.05) is 25.9 Å². The van der Waals surface area contributed by atoms with Crippen LogP contribution in [0.4, 0.5) is 0 Å². The van der Waals surface area contributed by atoms with Crippen LogP contribution in [-0.4, -0.2) is 12.2 Å². The summed E-state index contributed by atoms with van der Waals surface area (Å²) in [7, 11) is 1.60. The van der Waals surface area contributed by atoms with Gasteiger partial charge in [-0.25, -0.2) is 0 Å². The van der Waals surface area contributed by atoms with E-state index < -0.39 is 0 Å². The lowest BCUT2D eigenvalue weighted by molar-refractivity contribution is 0.275. The van der Waals surface area contributed by atoms with Crippen molar-refractivity contribution in [2.75, 3.05) is 7.11 Å². The Kier molecular flexibility index (Phi) is 2.67. The van der Waals surface area contributed by atoms with Crippen molar-refractivity contribution in [3.8, 4) is 5.75 Å². The van der Waals surface area contributed by atoms with E-state index in [1.54, 1.807) is 18.4 Å². The minimum atomic E-state index is -0.0230. The maximum Gasteiger partial charge on any atom is 0.125 e. The Morgan fingerprint density at radius 1 is 1.50 bits per heavy atom. The highest BCUT2D eigenvalue weighted by Gasteiger charge is 2.10. The standard InChI is InChI=1S/C10H10O2S2/c1-12-7-2-3-9-10(6(7)4-11)8(13)5-14-9/h2-3,5,11,13H,4H2,1H3. The molecule has 0 saturated heterocycles.